The fourth-order valence-corrected chi connectivity index (χ4v) is 2.25. The molecule has 1 fully saturated rings. The minimum atomic E-state index is -0.496. The highest BCUT2D eigenvalue weighted by Crippen LogP contribution is 2.32. The van der Waals surface area contributed by atoms with Crippen LogP contribution in [0.5, 0.6) is 5.75 Å². The van der Waals surface area contributed by atoms with Gasteiger partial charge in [0.05, 0.1) is 19.8 Å². The Morgan fingerprint density at radius 1 is 1.26 bits per heavy atom. The molecule has 2 rings (SSSR count). The monoisotopic (exact) mass is 265 g/mol. The lowest BCUT2D eigenvalue weighted by Crippen LogP contribution is -2.37. The van der Waals surface area contributed by atoms with Crippen molar-refractivity contribution in [1.82, 2.24) is 5.32 Å². The van der Waals surface area contributed by atoms with Crippen molar-refractivity contribution in [1.29, 1.82) is 0 Å². The first-order chi connectivity index (χ1) is 9.24. The first-order valence-electron chi connectivity index (χ1n) is 6.79. The first-order valence-corrected chi connectivity index (χ1v) is 6.79. The molecule has 2 unspecified atom stereocenters. The Balaban J connectivity index is 1.83. The predicted octanol–water partition coefficient (Wildman–Crippen LogP) is 1.74. The van der Waals surface area contributed by atoms with Gasteiger partial charge in [-0.1, -0.05) is 12.1 Å². The van der Waals surface area contributed by atoms with Crippen LogP contribution in [0, 0.1) is 5.92 Å². The molecular formula is C15H23NO3. The second-order valence-electron chi connectivity index (χ2n) is 5.10. The molecule has 2 N–H and O–H groups in total. The number of benzene rings is 1. The van der Waals surface area contributed by atoms with Crippen LogP contribution < -0.4 is 10.1 Å². The lowest BCUT2D eigenvalue weighted by molar-refractivity contribution is 0.132. The topological polar surface area (TPSA) is 50.7 Å². The van der Waals surface area contributed by atoms with Crippen molar-refractivity contribution in [3.05, 3.63) is 29.8 Å². The van der Waals surface area contributed by atoms with E-state index in [9.17, 15) is 5.11 Å². The van der Waals surface area contributed by atoms with E-state index in [1.165, 1.54) is 12.8 Å². The average Bonchev–Trinajstić information content (AvgIpc) is 3.27. The summed E-state index contributed by atoms with van der Waals surface area (Å²) >= 11 is 0. The van der Waals surface area contributed by atoms with Crippen molar-refractivity contribution < 1.29 is 14.6 Å². The maximum atomic E-state index is 10.2. The molecule has 4 heteroatoms. The maximum Gasteiger partial charge on any atom is 0.118 e. The summed E-state index contributed by atoms with van der Waals surface area (Å²) in [6.07, 6.45) is 2.03. The number of methoxy groups -OCH3 is 2. The van der Waals surface area contributed by atoms with E-state index >= 15 is 0 Å². The molecule has 4 nitrogen and oxygen atoms in total. The highest BCUT2D eigenvalue weighted by molar-refractivity contribution is 5.28. The Kier molecular flexibility index (Phi) is 5.19. The Labute approximate surface area is 114 Å². The summed E-state index contributed by atoms with van der Waals surface area (Å²) in [6, 6.07) is 7.89. The Hall–Kier alpha value is -1.10. The van der Waals surface area contributed by atoms with Crippen molar-refractivity contribution in [3.8, 4) is 5.75 Å². The minimum absolute atomic E-state index is 0.359. The number of aliphatic hydroxyl groups is 1. The standard InChI is InChI=1S/C15H23NO3/c1-18-10-14(11-3-4-11)16-9-15(17)12-5-7-13(19-2)8-6-12/h5-8,11,14-17H,3-4,9-10H2,1-2H3. The summed E-state index contributed by atoms with van der Waals surface area (Å²) < 4.78 is 10.3. The van der Waals surface area contributed by atoms with Gasteiger partial charge in [0.25, 0.3) is 0 Å². The van der Waals surface area contributed by atoms with Crippen LogP contribution in [0.15, 0.2) is 24.3 Å². The summed E-state index contributed by atoms with van der Waals surface area (Å²) in [7, 11) is 3.36. The second kappa shape index (κ2) is 6.89. The molecule has 0 bridgehead atoms. The zero-order chi connectivity index (χ0) is 13.7. The molecule has 0 spiro atoms. The Bertz CT molecular complexity index is 375. The average molecular weight is 265 g/mol. The summed E-state index contributed by atoms with van der Waals surface area (Å²) in [4.78, 5) is 0. The first kappa shape index (κ1) is 14.3. The number of hydrogen-bond donors (Lipinski definition) is 2. The summed E-state index contributed by atoms with van der Waals surface area (Å²) in [5.41, 5.74) is 0.903. The zero-order valence-corrected chi connectivity index (χ0v) is 11.6. The van der Waals surface area contributed by atoms with E-state index in [2.05, 4.69) is 5.32 Å². The third kappa shape index (κ3) is 4.20. The molecule has 0 radical (unpaired) electrons. The highest BCUT2D eigenvalue weighted by atomic mass is 16.5. The molecular weight excluding hydrogens is 242 g/mol. The van der Waals surface area contributed by atoms with E-state index in [1.807, 2.05) is 24.3 Å². The molecule has 0 amide bonds. The van der Waals surface area contributed by atoms with Crippen molar-refractivity contribution in [2.24, 2.45) is 5.92 Å². The third-order valence-electron chi connectivity index (χ3n) is 3.61. The molecule has 0 heterocycles. The summed E-state index contributed by atoms with van der Waals surface area (Å²) in [5.74, 6) is 1.52. The van der Waals surface area contributed by atoms with Crippen molar-refractivity contribution >= 4 is 0 Å². The fraction of sp³-hybridized carbons (Fsp3) is 0.600. The van der Waals surface area contributed by atoms with Crippen LogP contribution in [-0.4, -0.2) is 38.5 Å². The van der Waals surface area contributed by atoms with Gasteiger partial charge in [0.1, 0.15) is 5.75 Å². The van der Waals surface area contributed by atoms with E-state index in [0.717, 1.165) is 11.3 Å². The van der Waals surface area contributed by atoms with Gasteiger partial charge in [-0.15, -0.1) is 0 Å². The smallest absolute Gasteiger partial charge is 0.118 e. The number of nitrogens with one attached hydrogen (secondary N) is 1. The quantitative estimate of drug-likeness (QED) is 0.752. The zero-order valence-electron chi connectivity index (χ0n) is 11.6. The van der Waals surface area contributed by atoms with Gasteiger partial charge in [0.15, 0.2) is 0 Å². The number of rotatable bonds is 8. The van der Waals surface area contributed by atoms with Crippen molar-refractivity contribution in [2.75, 3.05) is 27.4 Å². The van der Waals surface area contributed by atoms with Crippen LogP contribution in [0.3, 0.4) is 0 Å². The van der Waals surface area contributed by atoms with Crippen LogP contribution in [0.2, 0.25) is 0 Å². The van der Waals surface area contributed by atoms with Crippen LogP contribution in [0.4, 0.5) is 0 Å². The van der Waals surface area contributed by atoms with Crippen molar-refractivity contribution in [3.63, 3.8) is 0 Å². The Morgan fingerprint density at radius 3 is 2.47 bits per heavy atom. The van der Waals surface area contributed by atoms with Gasteiger partial charge in [0.2, 0.25) is 0 Å². The lowest BCUT2D eigenvalue weighted by atomic mass is 10.1. The molecule has 1 aromatic carbocycles. The highest BCUT2D eigenvalue weighted by Gasteiger charge is 2.31. The third-order valence-corrected chi connectivity index (χ3v) is 3.61. The van der Waals surface area contributed by atoms with Crippen LogP contribution in [0.1, 0.15) is 24.5 Å². The molecule has 1 saturated carbocycles. The van der Waals surface area contributed by atoms with Gasteiger partial charge in [-0.3, -0.25) is 0 Å². The lowest BCUT2D eigenvalue weighted by Gasteiger charge is -2.20. The molecule has 1 aliphatic carbocycles. The molecule has 106 valence electrons. The van der Waals surface area contributed by atoms with E-state index in [0.29, 0.717) is 25.1 Å². The summed E-state index contributed by atoms with van der Waals surface area (Å²) in [5, 5.41) is 13.6. The van der Waals surface area contributed by atoms with Crippen LogP contribution in [0.25, 0.3) is 0 Å². The molecule has 0 saturated heterocycles. The summed E-state index contributed by atoms with van der Waals surface area (Å²) in [6.45, 7) is 1.26. The molecule has 2 atom stereocenters. The SMILES string of the molecule is COCC(NCC(O)c1ccc(OC)cc1)C1CC1. The van der Waals surface area contributed by atoms with E-state index in [1.54, 1.807) is 14.2 Å². The van der Waals surface area contributed by atoms with E-state index < -0.39 is 6.10 Å². The van der Waals surface area contributed by atoms with Gasteiger partial charge in [0, 0.05) is 19.7 Å². The Morgan fingerprint density at radius 2 is 1.95 bits per heavy atom. The van der Waals surface area contributed by atoms with Gasteiger partial charge in [-0.25, -0.2) is 0 Å². The molecule has 1 aliphatic rings. The largest absolute Gasteiger partial charge is 0.497 e. The van der Waals surface area contributed by atoms with Gasteiger partial charge in [-0.2, -0.15) is 0 Å². The van der Waals surface area contributed by atoms with Crippen LogP contribution >= 0.6 is 0 Å². The minimum Gasteiger partial charge on any atom is -0.497 e. The van der Waals surface area contributed by atoms with Gasteiger partial charge in [-0.05, 0) is 36.5 Å². The molecule has 0 aliphatic heterocycles. The fourth-order valence-electron chi connectivity index (χ4n) is 2.25. The molecule has 0 aromatic heterocycles. The number of hydrogen-bond acceptors (Lipinski definition) is 4. The van der Waals surface area contributed by atoms with Crippen molar-refractivity contribution in [2.45, 2.75) is 25.0 Å². The normalized spacial score (nSPS) is 18.1. The van der Waals surface area contributed by atoms with Gasteiger partial charge >= 0.3 is 0 Å². The van der Waals surface area contributed by atoms with Crippen LogP contribution in [-0.2, 0) is 4.74 Å². The second-order valence-corrected chi connectivity index (χ2v) is 5.10. The van der Waals surface area contributed by atoms with E-state index in [4.69, 9.17) is 9.47 Å². The number of ether oxygens (including phenoxy) is 2. The molecule has 19 heavy (non-hydrogen) atoms. The molecule has 1 aromatic rings. The maximum absolute atomic E-state index is 10.2. The van der Waals surface area contributed by atoms with E-state index in [-0.39, 0.29) is 0 Å². The van der Waals surface area contributed by atoms with Gasteiger partial charge < -0.3 is 19.9 Å². The number of aliphatic hydroxyl groups excluding tert-OH is 1. The predicted molar refractivity (Wildman–Crippen MR) is 74.3 cm³/mol.